The maximum absolute atomic E-state index is 10.9. The summed E-state index contributed by atoms with van der Waals surface area (Å²) in [5.41, 5.74) is 17.2. The average molecular weight is 438 g/mol. The van der Waals surface area contributed by atoms with Crippen LogP contribution < -0.4 is 26.0 Å². The zero-order valence-electron chi connectivity index (χ0n) is 18.5. The van der Waals surface area contributed by atoms with Crippen LogP contribution >= 0.6 is 0 Å². The highest BCUT2D eigenvalue weighted by molar-refractivity contribution is 7.88. The molecule has 6 N–H and O–H groups in total. The van der Waals surface area contributed by atoms with E-state index in [-0.39, 0.29) is 6.61 Å². The number of aryl methyl sites for hydroxylation is 2. The van der Waals surface area contributed by atoms with Crippen LogP contribution in [0.5, 0.6) is 0 Å². The fraction of sp³-hybridized carbons (Fsp3) is 0.429. The molecule has 0 aromatic heterocycles. The molecule has 2 aromatic rings. The van der Waals surface area contributed by atoms with Crippen molar-refractivity contribution in [3.05, 3.63) is 47.5 Å². The number of anilines is 4. The summed E-state index contributed by atoms with van der Waals surface area (Å²) >= 11 is 0. The van der Waals surface area contributed by atoms with Crippen LogP contribution in [0.4, 0.5) is 22.7 Å². The molecule has 8 nitrogen and oxygen atoms in total. The number of nitrogen functional groups attached to an aromatic ring is 2. The molecule has 168 valence electrons. The van der Waals surface area contributed by atoms with Crippen molar-refractivity contribution < 1.29 is 13.5 Å². The van der Waals surface area contributed by atoms with Crippen molar-refractivity contribution in [2.75, 3.05) is 67.9 Å². The SMILES string of the molecule is Cc1cc(N(C)CCNS(C)(=O)=O)ccc1N.Cc1cc(N(C)CCO)ccc1N. The molecule has 0 saturated heterocycles. The molecule has 0 aliphatic rings. The second kappa shape index (κ2) is 11.6. The molecule has 2 rings (SSSR count). The monoisotopic (exact) mass is 437 g/mol. The van der Waals surface area contributed by atoms with E-state index < -0.39 is 10.0 Å². The number of nitrogens with two attached hydrogens (primary N) is 2. The summed E-state index contributed by atoms with van der Waals surface area (Å²) in [5, 5.41) is 8.76. The molecule has 0 saturated carbocycles. The summed E-state index contributed by atoms with van der Waals surface area (Å²) < 4.78 is 24.3. The van der Waals surface area contributed by atoms with Gasteiger partial charge in [-0.15, -0.1) is 0 Å². The van der Waals surface area contributed by atoms with Gasteiger partial charge in [-0.2, -0.15) is 0 Å². The van der Waals surface area contributed by atoms with Gasteiger partial charge in [-0.3, -0.25) is 0 Å². The van der Waals surface area contributed by atoms with E-state index in [1.807, 2.05) is 74.1 Å². The molecule has 0 unspecified atom stereocenters. The summed E-state index contributed by atoms with van der Waals surface area (Å²) in [6.45, 7) is 5.73. The molecule has 2 aromatic carbocycles. The molecule has 0 amide bonds. The Kier molecular flexibility index (Phi) is 9.91. The second-order valence-corrected chi connectivity index (χ2v) is 9.15. The average Bonchev–Trinajstić information content (AvgIpc) is 2.65. The van der Waals surface area contributed by atoms with Gasteiger partial charge in [-0.1, -0.05) is 0 Å². The van der Waals surface area contributed by atoms with Crippen LogP contribution in [0.25, 0.3) is 0 Å². The van der Waals surface area contributed by atoms with Crippen molar-refractivity contribution in [1.82, 2.24) is 4.72 Å². The molecular weight excluding hydrogens is 402 g/mol. The van der Waals surface area contributed by atoms with E-state index in [1.165, 1.54) is 0 Å². The van der Waals surface area contributed by atoms with E-state index in [1.54, 1.807) is 0 Å². The van der Waals surface area contributed by atoms with Crippen molar-refractivity contribution in [1.29, 1.82) is 0 Å². The Bertz CT molecular complexity index is 919. The first-order valence-electron chi connectivity index (χ1n) is 9.64. The zero-order valence-corrected chi connectivity index (χ0v) is 19.3. The number of rotatable bonds is 8. The van der Waals surface area contributed by atoms with Gasteiger partial charge in [0.25, 0.3) is 0 Å². The first kappa shape index (κ1) is 25.5. The fourth-order valence-electron chi connectivity index (χ4n) is 2.60. The minimum absolute atomic E-state index is 0.167. The Morgan fingerprint density at radius 3 is 1.70 bits per heavy atom. The standard InChI is InChI=1S/C11H19N3O2S.C10H16N2O/c1-9-8-10(4-5-11(9)12)14(2)7-6-13-17(3,15)16;1-8-7-9(3-4-10(8)11)12(2)5-6-13/h4-5,8,13H,6-7,12H2,1-3H3;3-4,7,13H,5-6,11H2,1-2H3. The van der Waals surface area contributed by atoms with Gasteiger partial charge in [0, 0.05) is 56.5 Å². The van der Waals surface area contributed by atoms with Crippen LogP contribution in [0.3, 0.4) is 0 Å². The topological polar surface area (TPSA) is 125 Å². The molecule has 9 heteroatoms. The molecule has 30 heavy (non-hydrogen) atoms. The van der Waals surface area contributed by atoms with Gasteiger partial charge < -0.3 is 26.4 Å². The number of nitrogens with zero attached hydrogens (tertiary/aromatic N) is 2. The lowest BCUT2D eigenvalue weighted by Gasteiger charge is -2.20. The van der Waals surface area contributed by atoms with Crippen LogP contribution in [0, 0.1) is 13.8 Å². The summed E-state index contributed by atoms with van der Waals surface area (Å²) in [5.74, 6) is 0. The number of hydrogen-bond donors (Lipinski definition) is 4. The number of aliphatic hydroxyl groups is 1. The fourth-order valence-corrected chi connectivity index (χ4v) is 3.06. The van der Waals surface area contributed by atoms with Gasteiger partial charge in [-0.25, -0.2) is 13.1 Å². The molecule has 0 spiro atoms. The summed E-state index contributed by atoms with van der Waals surface area (Å²) in [4.78, 5) is 3.97. The van der Waals surface area contributed by atoms with Crippen molar-refractivity contribution in [3.8, 4) is 0 Å². The van der Waals surface area contributed by atoms with Gasteiger partial charge in [0.2, 0.25) is 10.0 Å². The lowest BCUT2D eigenvalue weighted by Crippen LogP contribution is -2.32. The number of likely N-dealkylation sites (N-methyl/N-ethyl adjacent to an activating group) is 2. The number of benzene rings is 2. The Hall–Kier alpha value is -2.49. The Balaban J connectivity index is 0.000000311. The molecule has 0 fully saturated rings. The van der Waals surface area contributed by atoms with E-state index in [4.69, 9.17) is 16.6 Å². The summed E-state index contributed by atoms with van der Waals surface area (Å²) in [6, 6.07) is 11.6. The highest BCUT2D eigenvalue weighted by atomic mass is 32.2. The first-order valence-corrected chi connectivity index (χ1v) is 11.5. The van der Waals surface area contributed by atoms with Crippen LogP contribution in [0.15, 0.2) is 36.4 Å². The molecule has 0 aliphatic carbocycles. The van der Waals surface area contributed by atoms with E-state index in [9.17, 15) is 8.42 Å². The van der Waals surface area contributed by atoms with Crippen LogP contribution in [-0.2, 0) is 10.0 Å². The van der Waals surface area contributed by atoms with Crippen molar-refractivity contribution in [2.45, 2.75) is 13.8 Å². The van der Waals surface area contributed by atoms with Gasteiger partial charge in [-0.05, 0) is 61.4 Å². The number of hydrogen-bond acceptors (Lipinski definition) is 7. The quantitative estimate of drug-likeness (QED) is 0.462. The third-order valence-electron chi connectivity index (χ3n) is 4.64. The zero-order chi connectivity index (χ0) is 22.9. The highest BCUT2D eigenvalue weighted by Gasteiger charge is 2.05. The van der Waals surface area contributed by atoms with Crippen molar-refractivity contribution >= 4 is 32.8 Å². The van der Waals surface area contributed by atoms with Crippen molar-refractivity contribution in [3.63, 3.8) is 0 Å². The van der Waals surface area contributed by atoms with E-state index in [0.29, 0.717) is 19.6 Å². The molecule has 0 atom stereocenters. The van der Waals surface area contributed by atoms with Crippen LogP contribution in [0.1, 0.15) is 11.1 Å². The molecule has 0 radical (unpaired) electrons. The molecule has 0 heterocycles. The predicted octanol–water partition coefficient (Wildman–Crippen LogP) is 1.57. The summed E-state index contributed by atoms with van der Waals surface area (Å²) in [6.07, 6.45) is 1.15. The smallest absolute Gasteiger partial charge is 0.208 e. The third kappa shape index (κ3) is 8.89. The van der Waals surface area contributed by atoms with Crippen LogP contribution in [0.2, 0.25) is 0 Å². The number of sulfonamides is 1. The highest BCUT2D eigenvalue weighted by Crippen LogP contribution is 2.20. The van der Waals surface area contributed by atoms with Gasteiger partial charge >= 0.3 is 0 Å². The molecule has 0 aliphatic heterocycles. The Labute approximate surface area is 180 Å². The minimum atomic E-state index is -3.11. The predicted molar refractivity (Wildman–Crippen MR) is 128 cm³/mol. The Morgan fingerprint density at radius 1 is 0.900 bits per heavy atom. The normalized spacial score (nSPS) is 10.9. The van der Waals surface area contributed by atoms with Gasteiger partial charge in [0.1, 0.15) is 0 Å². The van der Waals surface area contributed by atoms with Gasteiger partial charge in [0.15, 0.2) is 0 Å². The van der Waals surface area contributed by atoms with Crippen molar-refractivity contribution in [2.24, 2.45) is 0 Å². The van der Waals surface area contributed by atoms with Gasteiger partial charge in [0.05, 0.1) is 12.9 Å². The molecule has 0 bridgehead atoms. The maximum Gasteiger partial charge on any atom is 0.208 e. The third-order valence-corrected chi connectivity index (χ3v) is 5.36. The Morgan fingerprint density at radius 2 is 1.33 bits per heavy atom. The van der Waals surface area contributed by atoms with E-state index >= 15 is 0 Å². The number of nitrogens with one attached hydrogen (secondary N) is 1. The largest absolute Gasteiger partial charge is 0.399 e. The molecular formula is C21H35N5O3S. The second-order valence-electron chi connectivity index (χ2n) is 7.32. The maximum atomic E-state index is 10.9. The lowest BCUT2D eigenvalue weighted by molar-refractivity contribution is 0.304. The lowest BCUT2D eigenvalue weighted by atomic mass is 10.2. The van der Waals surface area contributed by atoms with E-state index in [0.717, 1.165) is 40.1 Å². The number of aliphatic hydroxyl groups excluding tert-OH is 1. The first-order chi connectivity index (χ1) is 13.9. The summed E-state index contributed by atoms with van der Waals surface area (Å²) in [7, 11) is 0.744. The van der Waals surface area contributed by atoms with Crippen LogP contribution in [-0.4, -0.2) is 60.1 Å². The minimum Gasteiger partial charge on any atom is -0.399 e. The van der Waals surface area contributed by atoms with E-state index in [2.05, 4.69) is 4.72 Å².